The lowest BCUT2D eigenvalue weighted by atomic mass is 9.95. The third-order valence-corrected chi connectivity index (χ3v) is 6.35. The minimum absolute atomic E-state index is 0.0166. The number of hydrogen-bond donors (Lipinski definition) is 1. The van der Waals surface area contributed by atoms with Crippen LogP contribution in [0.2, 0.25) is 0 Å². The molecule has 2 heterocycles. The van der Waals surface area contributed by atoms with Crippen molar-refractivity contribution in [1.29, 1.82) is 0 Å². The van der Waals surface area contributed by atoms with Crippen molar-refractivity contribution in [2.45, 2.75) is 12.6 Å². The number of Topliss-reactive ketones (excluding diaryl/α,β-unsaturated/α-hetero) is 1. The second kappa shape index (κ2) is 8.83. The highest BCUT2D eigenvalue weighted by Crippen LogP contribution is 2.41. The quantitative estimate of drug-likeness (QED) is 0.318. The smallest absolute Gasteiger partial charge is 0.290 e. The van der Waals surface area contributed by atoms with Crippen molar-refractivity contribution >= 4 is 38.6 Å². The lowest BCUT2D eigenvalue weighted by molar-refractivity contribution is -0.130. The van der Waals surface area contributed by atoms with Crippen molar-refractivity contribution in [2.24, 2.45) is 0 Å². The Morgan fingerprint density at radius 3 is 2.56 bits per heavy atom. The Kier molecular flexibility index (Phi) is 5.71. The maximum absolute atomic E-state index is 13.7. The Morgan fingerprint density at radius 2 is 1.82 bits per heavy atom. The monoisotopic (exact) mass is 517 g/mol. The molecule has 5 rings (SSSR count). The van der Waals surface area contributed by atoms with Gasteiger partial charge in [-0.25, -0.2) is 0 Å². The van der Waals surface area contributed by atoms with E-state index >= 15 is 0 Å². The number of aliphatic hydroxyl groups excluding tert-OH is 1. The summed E-state index contributed by atoms with van der Waals surface area (Å²) in [5.74, 6) is -1.21. The minimum Gasteiger partial charge on any atom is -0.503 e. The van der Waals surface area contributed by atoms with E-state index in [1.807, 2.05) is 54.6 Å². The van der Waals surface area contributed by atoms with E-state index < -0.39 is 23.5 Å². The van der Waals surface area contributed by atoms with Crippen LogP contribution in [0, 0.1) is 0 Å². The fourth-order valence-electron chi connectivity index (χ4n) is 4.29. The molecule has 170 valence electrons. The zero-order chi connectivity index (χ0) is 23.8. The van der Waals surface area contributed by atoms with E-state index in [0.717, 1.165) is 10.0 Å². The highest BCUT2D eigenvalue weighted by molar-refractivity contribution is 9.10. The van der Waals surface area contributed by atoms with Crippen LogP contribution in [0.25, 0.3) is 11.0 Å². The fraction of sp³-hybridized carbons (Fsp3) is 0.111. The van der Waals surface area contributed by atoms with E-state index in [0.29, 0.717) is 22.3 Å². The summed E-state index contributed by atoms with van der Waals surface area (Å²) in [6.45, 7) is 0.228. The predicted octanol–water partition coefficient (Wildman–Crippen LogP) is 5.98. The molecule has 0 aliphatic carbocycles. The number of benzene rings is 3. The average Bonchev–Trinajstić information content (AvgIpc) is 3.39. The van der Waals surface area contributed by atoms with Gasteiger partial charge in [0, 0.05) is 16.4 Å². The SMILES string of the molecule is COc1cccc2cc(C(=O)C3=C(O)C(=O)N(Cc4ccccc4)C3c3cccc(Br)c3)oc12. The molecule has 0 saturated heterocycles. The first kappa shape index (κ1) is 22.0. The molecule has 0 radical (unpaired) electrons. The van der Waals surface area contributed by atoms with Crippen LogP contribution in [0.1, 0.15) is 27.7 Å². The topological polar surface area (TPSA) is 80.0 Å². The molecule has 1 N–H and O–H groups in total. The molecule has 0 fully saturated rings. The summed E-state index contributed by atoms with van der Waals surface area (Å²) >= 11 is 3.47. The molecule has 1 aromatic heterocycles. The molecular formula is C27H20BrNO5. The number of methoxy groups -OCH3 is 1. The van der Waals surface area contributed by atoms with E-state index in [1.165, 1.54) is 12.0 Å². The second-order valence-corrected chi connectivity index (χ2v) is 8.87. The van der Waals surface area contributed by atoms with Gasteiger partial charge >= 0.3 is 0 Å². The number of rotatable bonds is 6. The number of nitrogens with zero attached hydrogens (tertiary/aromatic N) is 1. The Balaban J connectivity index is 1.61. The van der Waals surface area contributed by atoms with E-state index in [9.17, 15) is 14.7 Å². The summed E-state index contributed by atoms with van der Waals surface area (Å²) in [5, 5.41) is 11.6. The van der Waals surface area contributed by atoms with Gasteiger partial charge in [0.05, 0.1) is 18.7 Å². The molecule has 6 nitrogen and oxygen atoms in total. The summed E-state index contributed by atoms with van der Waals surface area (Å²) in [7, 11) is 1.52. The number of para-hydroxylation sites is 1. The van der Waals surface area contributed by atoms with Gasteiger partial charge in [-0.3, -0.25) is 9.59 Å². The number of fused-ring (bicyclic) bond motifs is 1. The maximum atomic E-state index is 13.7. The number of carbonyl (C=O) groups excluding carboxylic acids is 2. The van der Waals surface area contributed by atoms with Crippen molar-refractivity contribution in [3.8, 4) is 5.75 Å². The summed E-state index contributed by atoms with van der Waals surface area (Å²) in [4.78, 5) is 28.4. The lowest BCUT2D eigenvalue weighted by Crippen LogP contribution is -2.30. The number of halogens is 1. The van der Waals surface area contributed by atoms with Gasteiger partial charge in [-0.15, -0.1) is 0 Å². The van der Waals surface area contributed by atoms with Gasteiger partial charge in [0.2, 0.25) is 5.78 Å². The zero-order valence-electron chi connectivity index (χ0n) is 18.2. The standard InChI is InChI=1S/C27H20BrNO5/c1-33-20-12-6-10-18-14-21(34-26(18)20)24(30)22-23(17-9-5-11-19(28)13-17)29(27(32)25(22)31)15-16-7-3-2-4-8-16/h2-14,23,31H,15H2,1H3. The number of ketones is 1. The Hall–Kier alpha value is -3.84. The summed E-state index contributed by atoms with van der Waals surface area (Å²) in [5.41, 5.74) is 1.99. The average molecular weight is 518 g/mol. The van der Waals surface area contributed by atoms with Gasteiger partial charge in [-0.05, 0) is 35.4 Å². The van der Waals surface area contributed by atoms with Crippen molar-refractivity contribution in [1.82, 2.24) is 4.90 Å². The Morgan fingerprint density at radius 1 is 1.06 bits per heavy atom. The number of furan rings is 1. The second-order valence-electron chi connectivity index (χ2n) is 7.96. The van der Waals surface area contributed by atoms with Crippen LogP contribution in [-0.4, -0.2) is 28.8 Å². The molecule has 0 bridgehead atoms. The molecular weight excluding hydrogens is 498 g/mol. The molecule has 1 atom stereocenters. The first-order valence-corrected chi connectivity index (χ1v) is 11.4. The van der Waals surface area contributed by atoms with E-state index in [-0.39, 0.29) is 17.9 Å². The molecule has 1 aliphatic heterocycles. The molecule has 1 unspecified atom stereocenters. The highest BCUT2D eigenvalue weighted by Gasteiger charge is 2.44. The number of carbonyl (C=O) groups is 2. The third kappa shape index (κ3) is 3.78. The molecule has 7 heteroatoms. The molecule has 1 amide bonds. The van der Waals surface area contributed by atoms with Crippen LogP contribution in [0.4, 0.5) is 0 Å². The number of aliphatic hydroxyl groups is 1. The Labute approximate surface area is 204 Å². The fourth-order valence-corrected chi connectivity index (χ4v) is 4.71. The van der Waals surface area contributed by atoms with Crippen LogP contribution < -0.4 is 4.74 Å². The molecule has 0 saturated carbocycles. The predicted molar refractivity (Wildman–Crippen MR) is 131 cm³/mol. The molecule has 1 aliphatic rings. The summed E-state index contributed by atoms with van der Waals surface area (Å²) < 4.78 is 12.0. The van der Waals surface area contributed by atoms with Crippen molar-refractivity contribution in [3.63, 3.8) is 0 Å². The van der Waals surface area contributed by atoms with Crippen molar-refractivity contribution in [2.75, 3.05) is 7.11 Å². The van der Waals surface area contributed by atoms with E-state index in [4.69, 9.17) is 9.15 Å². The van der Waals surface area contributed by atoms with Gasteiger partial charge in [0.25, 0.3) is 5.91 Å². The molecule has 3 aromatic carbocycles. The van der Waals surface area contributed by atoms with Crippen LogP contribution in [0.15, 0.2) is 99.1 Å². The number of hydrogen-bond acceptors (Lipinski definition) is 5. The van der Waals surface area contributed by atoms with E-state index in [1.54, 1.807) is 24.3 Å². The van der Waals surface area contributed by atoms with Gasteiger partial charge < -0.3 is 19.2 Å². The molecule has 4 aromatic rings. The van der Waals surface area contributed by atoms with E-state index in [2.05, 4.69) is 15.9 Å². The Bertz CT molecular complexity index is 1440. The maximum Gasteiger partial charge on any atom is 0.290 e. The van der Waals surface area contributed by atoms with Gasteiger partial charge in [-0.1, -0.05) is 70.5 Å². The number of amides is 1. The minimum atomic E-state index is -0.784. The van der Waals surface area contributed by atoms with Crippen LogP contribution in [-0.2, 0) is 11.3 Å². The first-order valence-electron chi connectivity index (χ1n) is 10.6. The third-order valence-electron chi connectivity index (χ3n) is 5.86. The molecule has 34 heavy (non-hydrogen) atoms. The number of ether oxygens (including phenoxy) is 1. The van der Waals surface area contributed by atoms with Crippen LogP contribution >= 0.6 is 15.9 Å². The van der Waals surface area contributed by atoms with Gasteiger partial charge in [0.15, 0.2) is 22.9 Å². The zero-order valence-corrected chi connectivity index (χ0v) is 19.8. The first-order chi connectivity index (χ1) is 16.5. The normalized spacial score (nSPS) is 15.9. The highest BCUT2D eigenvalue weighted by atomic mass is 79.9. The molecule has 0 spiro atoms. The summed E-state index contributed by atoms with van der Waals surface area (Å²) in [6, 6.07) is 23.0. The van der Waals surface area contributed by atoms with Gasteiger partial charge in [-0.2, -0.15) is 0 Å². The lowest BCUT2D eigenvalue weighted by Gasteiger charge is -2.27. The van der Waals surface area contributed by atoms with Crippen LogP contribution in [0.5, 0.6) is 5.75 Å². The largest absolute Gasteiger partial charge is 0.503 e. The van der Waals surface area contributed by atoms with Crippen LogP contribution in [0.3, 0.4) is 0 Å². The van der Waals surface area contributed by atoms with Crippen molar-refractivity contribution in [3.05, 3.63) is 112 Å². The van der Waals surface area contributed by atoms with Gasteiger partial charge in [0.1, 0.15) is 0 Å². The van der Waals surface area contributed by atoms with Crippen molar-refractivity contribution < 1.29 is 23.8 Å². The summed E-state index contributed by atoms with van der Waals surface area (Å²) in [6.07, 6.45) is 0.